The molecule has 0 bridgehead atoms. The van der Waals surface area contributed by atoms with Crippen LogP contribution in [-0.4, -0.2) is 73.6 Å². The summed E-state index contributed by atoms with van der Waals surface area (Å²) in [4.78, 5) is 14.7. The average molecular weight is 372 g/mol. The molecule has 2 rings (SSSR count). The van der Waals surface area contributed by atoms with Gasteiger partial charge in [-0.15, -0.1) is 0 Å². The van der Waals surface area contributed by atoms with E-state index in [2.05, 4.69) is 15.3 Å². The Bertz CT molecular complexity index is 699. The Kier molecular flexibility index (Phi) is 6.59. The molecule has 2 heterocycles. The molecule has 0 saturated carbocycles. The monoisotopic (exact) mass is 371 g/mol. The summed E-state index contributed by atoms with van der Waals surface area (Å²) in [6, 6.07) is 0. The molecule has 1 aliphatic rings. The van der Waals surface area contributed by atoms with Crippen molar-refractivity contribution in [1.29, 1.82) is 0 Å². The second kappa shape index (κ2) is 8.29. The zero-order valence-corrected chi connectivity index (χ0v) is 16.3. The second-order valence-corrected chi connectivity index (χ2v) is 8.77. The van der Waals surface area contributed by atoms with Crippen molar-refractivity contribution in [3.05, 3.63) is 11.9 Å². The molecule has 9 heteroatoms. The molecule has 1 amide bonds. The third-order valence-electron chi connectivity index (χ3n) is 4.64. The van der Waals surface area contributed by atoms with Gasteiger partial charge in [0.1, 0.15) is 4.90 Å². The fraction of sp³-hybridized carbons (Fsp3) is 0.750. The summed E-state index contributed by atoms with van der Waals surface area (Å²) in [6.07, 6.45) is 3.67. The Morgan fingerprint density at radius 1 is 1.44 bits per heavy atom. The topological polar surface area (TPSA) is 87.5 Å². The molecule has 25 heavy (non-hydrogen) atoms. The normalized spacial score (nSPS) is 19.3. The van der Waals surface area contributed by atoms with Gasteiger partial charge in [-0.2, -0.15) is 9.40 Å². The third-order valence-corrected chi connectivity index (χ3v) is 6.61. The standard InChI is InChI=1S/C16H29N5O3S/c1-13-15(11-18-20(13)4)25(23,24)21-10-5-7-14(12-21)16(22)17-8-6-9-19(2)3/h11,14H,5-10,12H2,1-4H3,(H,17,22)/t14-/m1/s1. The van der Waals surface area contributed by atoms with E-state index in [4.69, 9.17) is 0 Å². The van der Waals surface area contributed by atoms with Crippen molar-refractivity contribution in [3.63, 3.8) is 0 Å². The van der Waals surface area contributed by atoms with Crippen LogP contribution in [-0.2, 0) is 21.9 Å². The van der Waals surface area contributed by atoms with Crippen LogP contribution in [0.3, 0.4) is 0 Å². The lowest BCUT2D eigenvalue weighted by molar-refractivity contribution is -0.126. The summed E-state index contributed by atoms with van der Waals surface area (Å²) in [7, 11) is 2.09. The summed E-state index contributed by atoms with van der Waals surface area (Å²) in [5.41, 5.74) is 0.607. The lowest BCUT2D eigenvalue weighted by Crippen LogP contribution is -2.45. The first-order valence-corrected chi connectivity index (χ1v) is 10.1. The molecule has 1 N–H and O–H groups in total. The highest BCUT2D eigenvalue weighted by Crippen LogP contribution is 2.25. The number of rotatable bonds is 7. The van der Waals surface area contributed by atoms with Crippen molar-refractivity contribution in [2.24, 2.45) is 13.0 Å². The van der Waals surface area contributed by atoms with E-state index in [1.165, 1.54) is 10.5 Å². The quantitative estimate of drug-likeness (QED) is 0.692. The minimum absolute atomic E-state index is 0.0541. The summed E-state index contributed by atoms with van der Waals surface area (Å²) in [5, 5.41) is 6.95. The van der Waals surface area contributed by atoms with E-state index in [9.17, 15) is 13.2 Å². The SMILES string of the molecule is Cc1c(S(=O)(=O)N2CCC[C@@H](C(=O)NCCCN(C)C)C2)cnn1C. The maximum absolute atomic E-state index is 12.9. The largest absolute Gasteiger partial charge is 0.356 e. The van der Waals surface area contributed by atoms with Crippen LogP contribution in [0.25, 0.3) is 0 Å². The molecule has 1 fully saturated rings. The van der Waals surface area contributed by atoms with Gasteiger partial charge in [0.25, 0.3) is 0 Å². The zero-order chi connectivity index (χ0) is 18.6. The van der Waals surface area contributed by atoms with E-state index in [0.29, 0.717) is 25.2 Å². The predicted octanol–water partition coefficient (Wildman–Crippen LogP) is 0.197. The fourth-order valence-electron chi connectivity index (χ4n) is 3.00. The number of hydrogen-bond acceptors (Lipinski definition) is 5. The lowest BCUT2D eigenvalue weighted by Gasteiger charge is -2.31. The molecule has 0 aromatic carbocycles. The average Bonchev–Trinajstić information content (AvgIpc) is 2.91. The highest BCUT2D eigenvalue weighted by atomic mass is 32.2. The molecule has 0 spiro atoms. The maximum atomic E-state index is 12.9. The molecule has 0 radical (unpaired) electrons. The van der Waals surface area contributed by atoms with Crippen LogP contribution in [0.4, 0.5) is 0 Å². The lowest BCUT2D eigenvalue weighted by atomic mass is 9.99. The minimum Gasteiger partial charge on any atom is -0.356 e. The van der Waals surface area contributed by atoms with Gasteiger partial charge < -0.3 is 10.2 Å². The smallest absolute Gasteiger partial charge is 0.246 e. The molecule has 1 aliphatic heterocycles. The number of piperidine rings is 1. The first-order valence-electron chi connectivity index (χ1n) is 8.64. The maximum Gasteiger partial charge on any atom is 0.246 e. The number of carbonyl (C=O) groups is 1. The molecular weight excluding hydrogens is 342 g/mol. The van der Waals surface area contributed by atoms with Gasteiger partial charge >= 0.3 is 0 Å². The number of nitrogens with zero attached hydrogens (tertiary/aromatic N) is 4. The highest BCUT2D eigenvalue weighted by Gasteiger charge is 2.34. The van der Waals surface area contributed by atoms with Gasteiger partial charge in [-0.3, -0.25) is 9.48 Å². The summed E-state index contributed by atoms with van der Waals surface area (Å²) in [6.45, 7) is 3.93. The van der Waals surface area contributed by atoms with E-state index in [1.54, 1.807) is 18.7 Å². The van der Waals surface area contributed by atoms with Crippen molar-refractivity contribution < 1.29 is 13.2 Å². The molecule has 1 aromatic rings. The summed E-state index contributed by atoms with van der Waals surface area (Å²) >= 11 is 0. The number of sulfonamides is 1. The van der Waals surface area contributed by atoms with Crippen molar-refractivity contribution >= 4 is 15.9 Å². The first-order chi connectivity index (χ1) is 11.7. The Morgan fingerprint density at radius 2 is 2.16 bits per heavy atom. The van der Waals surface area contributed by atoms with Gasteiger partial charge in [0, 0.05) is 26.7 Å². The van der Waals surface area contributed by atoms with Crippen LogP contribution in [0, 0.1) is 12.8 Å². The summed E-state index contributed by atoms with van der Waals surface area (Å²) < 4.78 is 28.7. The van der Waals surface area contributed by atoms with Crippen LogP contribution >= 0.6 is 0 Å². The van der Waals surface area contributed by atoms with Gasteiger partial charge in [-0.05, 0) is 46.8 Å². The van der Waals surface area contributed by atoms with Gasteiger partial charge in [0.2, 0.25) is 15.9 Å². The van der Waals surface area contributed by atoms with Gasteiger partial charge in [0.15, 0.2) is 0 Å². The number of hydrogen-bond donors (Lipinski definition) is 1. The van der Waals surface area contributed by atoms with Crippen LogP contribution in [0.5, 0.6) is 0 Å². The summed E-state index contributed by atoms with van der Waals surface area (Å²) in [5.74, 6) is -0.346. The minimum atomic E-state index is -3.61. The number of carbonyl (C=O) groups excluding carboxylic acids is 1. The van der Waals surface area contributed by atoms with Crippen LogP contribution < -0.4 is 5.32 Å². The molecule has 0 unspecified atom stereocenters. The van der Waals surface area contributed by atoms with Gasteiger partial charge in [-0.1, -0.05) is 0 Å². The molecule has 1 atom stereocenters. The Labute approximate surface area is 150 Å². The highest BCUT2D eigenvalue weighted by molar-refractivity contribution is 7.89. The van der Waals surface area contributed by atoms with Crippen molar-refractivity contribution in [3.8, 4) is 0 Å². The Morgan fingerprint density at radius 3 is 2.76 bits per heavy atom. The van der Waals surface area contributed by atoms with Crippen LogP contribution in [0.15, 0.2) is 11.1 Å². The number of amides is 1. The van der Waals surface area contributed by atoms with E-state index in [-0.39, 0.29) is 23.3 Å². The number of nitrogens with one attached hydrogen (secondary N) is 1. The number of aryl methyl sites for hydroxylation is 1. The first kappa shape index (κ1) is 19.9. The van der Waals surface area contributed by atoms with Crippen molar-refractivity contribution in [1.82, 2.24) is 24.3 Å². The van der Waals surface area contributed by atoms with Gasteiger partial charge in [0.05, 0.1) is 17.8 Å². The third kappa shape index (κ3) is 4.80. The molecule has 0 aliphatic carbocycles. The molecular formula is C16H29N5O3S. The predicted molar refractivity (Wildman–Crippen MR) is 95.6 cm³/mol. The van der Waals surface area contributed by atoms with Crippen LogP contribution in [0.1, 0.15) is 25.0 Å². The molecule has 1 saturated heterocycles. The van der Waals surface area contributed by atoms with E-state index in [0.717, 1.165) is 19.4 Å². The van der Waals surface area contributed by atoms with E-state index < -0.39 is 10.0 Å². The van der Waals surface area contributed by atoms with E-state index in [1.807, 2.05) is 14.1 Å². The fourth-order valence-corrected chi connectivity index (χ4v) is 4.71. The van der Waals surface area contributed by atoms with Crippen molar-refractivity contribution in [2.45, 2.75) is 31.1 Å². The second-order valence-electron chi connectivity index (χ2n) is 6.87. The zero-order valence-electron chi connectivity index (χ0n) is 15.5. The van der Waals surface area contributed by atoms with E-state index >= 15 is 0 Å². The molecule has 142 valence electrons. The number of aromatic nitrogens is 2. The Balaban J connectivity index is 1.98. The van der Waals surface area contributed by atoms with Crippen molar-refractivity contribution in [2.75, 3.05) is 40.3 Å². The molecule has 8 nitrogen and oxygen atoms in total. The Hall–Kier alpha value is -1.45. The van der Waals surface area contributed by atoms with Gasteiger partial charge in [-0.25, -0.2) is 8.42 Å². The molecule has 1 aromatic heterocycles. The van der Waals surface area contributed by atoms with Crippen LogP contribution in [0.2, 0.25) is 0 Å².